The summed E-state index contributed by atoms with van der Waals surface area (Å²) in [5.74, 6) is 0.297. The summed E-state index contributed by atoms with van der Waals surface area (Å²) in [4.78, 5) is 32.1. The number of hydrogen-bond donors (Lipinski definition) is 0. The predicted molar refractivity (Wildman–Crippen MR) is 158 cm³/mol. The standard InChI is InChI=1S/C33H30N2O4S/c1-4-12-25-19-23(17-18-27(25)39-21-22-13-8-6-9-14-22)20-28-31(36)35-30(24-15-10-7-11-16-24)29(32(37)38-3)26(5-2)34-33(35)40-28/h4,6-11,13-20,30H,1,5,12,21H2,2-3H3/b28-20-/t30-/m0/s1. The lowest BCUT2D eigenvalue weighted by atomic mass is 9.95. The molecule has 0 fully saturated rings. The number of hydrogen-bond acceptors (Lipinski definition) is 6. The normalized spacial score (nSPS) is 14.8. The quantitative estimate of drug-likeness (QED) is 0.215. The maximum absolute atomic E-state index is 13.9. The van der Waals surface area contributed by atoms with Gasteiger partial charge in [0.05, 0.1) is 29.0 Å². The highest BCUT2D eigenvalue weighted by atomic mass is 32.1. The summed E-state index contributed by atoms with van der Waals surface area (Å²) in [5.41, 5.74) is 4.57. The van der Waals surface area contributed by atoms with Crippen molar-refractivity contribution < 1.29 is 14.3 Å². The van der Waals surface area contributed by atoms with Crippen molar-refractivity contribution in [3.05, 3.63) is 145 Å². The summed E-state index contributed by atoms with van der Waals surface area (Å²) in [6, 6.07) is 24.8. The number of thiazole rings is 1. The molecular formula is C33H30N2O4S. The number of benzene rings is 3. The fourth-order valence-corrected chi connectivity index (χ4v) is 5.87. The maximum atomic E-state index is 13.9. The highest BCUT2D eigenvalue weighted by molar-refractivity contribution is 7.07. The van der Waals surface area contributed by atoms with Crippen LogP contribution in [0.25, 0.3) is 6.08 Å². The van der Waals surface area contributed by atoms with Crippen molar-refractivity contribution in [2.24, 2.45) is 4.99 Å². The molecule has 1 aromatic heterocycles. The molecule has 6 nitrogen and oxygen atoms in total. The summed E-state index contributed by atoms with van der Waals surface area (Å²) in [6.07, 6.45) is 4.87. The third-order valence-electron chi connectivity index (χ3n) is 6.75. The molecule has 0 saturated heterocycles. The average molecular weight is 551 g/mol. The Balaban J connectivity index is 1.58. The average Bonchev–Trinajstić information content (AvgIpc) is 3.30. The largest absolute Gasteiger partial charge is 0.489 e. The summed E-state index contributed by atoms with van der Waals surface area (Å²) < 4.78 is 13.4. The third kappa shape index (κ3) is 5.46. The molecule has 2 heterocycles. The number of fused-ring (bicyclic) bond motifs is 1. The van der Waals surface area contributed by atoms with Crippen LogP contribution in [-0.4, -0.2) is 17.6 Å². The van der Waals surface area contributed by atoms with Crippen LogP contribution < -0.4 is 19.6 Å². The molecule has 7 heteroatoms. The van der Waals surface area contributed by atoms with E-state index in [9.17, 15) is 9.59 Å². The fourth-order valence-electron chi connectivity index (χ4n) is 4.85. The zero-order valence-electron chi connectivity index (χ0n) is 22.5. The van der Waals surface area contributed by atoms with Gasteiger partial charge in [-0.2, -0.15) is 0 Å². The highest BCUT2D eigenvalue weighted by Crippen LogP contribution is 2.31. The first-order chi connectivity index (χ1) is 19.5. The number of nitrogens with zero attached hydrogens (tertiary/aromatic N) is 2. The van der Waals surface area contributed by atoms with Gasteiger partial charge in [0.25, 0.3) is 5.56 Å². The molecule has 5 rings (SSSR count). The molecular weight excluding hydrogens is 520 g/mol. The second-order valence-electron chi connectivity index (χ2n) is 9.33. The van der Waals surface area contributed by atoms with Crippen molar-refractivity contribution >= 4 is 23.4 Å². The van der Waals surface area contributed by atoms with E-state index in [1.807, 2.05) is 97.9 Å². The van der Waals surface area contributed by atoms with Gasteiger partial charge in [-0.25, -0.2) is 9.79 Å². The second-order valence-corrected chi connectivity index (χ2v) is 10.3. The van der Waals surface area contributed by atoms with E-state index in [4.69, 9.17) is 14.5 Å². The monoisotopic (exact) mass is 550 g/mol. The van der Waals surface area contributed by atoms with Gasteiger partial charge in [-0.15, -0.1) is 6.58 Å². The van der Waals surface area contributed by atoms with Crippen molar-refractivity contribution in [3.8, 4) is 5.75 Å². The number of rotatable bonds is 9. The van der Waals surface area contributed by atoms with E-state index in [1.54, 1.807) is 4.57 Å². The zero-order valence-corrected chi connectivity index (χ0v) is 23.3. The summed E-state index contributed by atoms with van der Waals surface area (Å²) in [5, 5.41) is 0. The minimum absolute atomic E-state index is 0.205. The van der Waals surface area contributed by atoms with Crippen molar-refractivity contribution in [1.29, 1.82) is 0 Å². The molecule has 0 aliphatic carbocycles. The molecule has 0 N–H and O–H groups in total. The number of esters is 1. The number of allylic oxidation sites excluding steroid dienone is 2. The van der Waals surface area contributed by atoms with E-state index < -0.39 is 12.0 Å². The lowest BCUT2D eigenvalue weighted by molar-refractivity contribution is -0.136. The van der Waals surface area contributed by atoms with E-state index in [0.29, 0.717) is 40.1 Å². The Kier molecular flexibility index (Phi) is 8.22. The molecule has 1 aliphatic rings. The first-order valence-electron chi connectivity index (χ1n) is 13.1. The van der Waals surface area contributed by atoms with Gasteiger partial charge in [0.15, 0.2) is 4.80 Å². The van der Waals surface area contributed by atoms with Crippen LogP contribution in [0.5, 0.6) is 5.75 Å². The van der Waals surface area contributed by atoms with Gasteiger partial charge in [0.1, 0.15) is 12.4 Å². The SMILES string of the molecule is C=CCc1cc(/C=c2\sc3n(c2=O)[C@@H](c2ccccc2)C(C(=O)OC)=C(CC)N=3)ccc1OCc1ccccc1. The molecule has 202 valence electrons. The molecule has 0 spiro atoms. The summed E-state index contributed by atoms with van der Waals surface area (Å²) in [6.45, 7) is 6.30. The Morgan fingerprint density at radius 3 is 2.48 bits per heavy atom. The Labute approximate surface area is 236 Å². The van der Waals surface area contributed by atoms with Gasteiger partial charge in [-0.05, 0) is 53.3 Å². The molecule has 1 atom stereocenters. The Morgan fingerprint density at radius 1 is 1.07 bits per heavy atom. The van der Waals surface area contributed by atoms with E-state index in [2.05, 4.69) is 6.58 Å². The third-order valence-corrected chi connectivity index (χ3v) is 7.73. The number of methoxy groups -OCH3 is 1. The lowest BCUT2D eigenvalue weighted by Gasteiger charge is -2.25. The first kappa shape index (κ1) is 27.1. The molecule has 0 radical (unpaired) electrons. The molecule has 3 aromatic carbocycles. The molecule has 0 saturated carbocycles. The van der Waals surface area contributed by atoms with Crippen LogP contribution in [0.3, 0.4) is 0 Å². The molecule has 0 amide bonds. The lowest BCUT2D eigenvalue weighted by Crippen LogP contribution is -2.40. The fraction of sp³-hybridized carbons (Fsp3) is 0.182. The first-order valence-corrected chi connectivity index (χ1v) is 13.9. The second kappa shape index (κ2) is 12.1. The van der Waals surface area contributed by atoms with Crippen molar-refractivity contribution in [2.45, 2.75) is 32.4 Å². The highest BCUT2D eigenvalue weighted by Gasteiger charge is 2.33. The van der Waals surface area contributed by atoms with E-state index in [-0.39, 0.29) is 5.56 Å². The molecule has 1 aliphatic heterocycles. The molecule has 0 unspecified atom stereocenters. The number of aromatic nitrogens is 1. The zero-order chi connectivity index (χ0) is 28.1. The van der Waals surface area contributed by atoms with E-state index in [1.165, 1.54) is 18.4 Å². The van der Waals surface area contributed by atoms with Gasteiger partial charge in [0, 0.05) is 0 Å². The van der Waals surface area contributed by atoms with Crippen molar-refractivity contribution in [2.75, 3.05) is 7.11 Å². The number of carbonyl (C=O) groups is 1. The van der Waals surface area contributed by atoms with Crippen LogP contribution in [0, 0.1) is 0 Å². The van der Waals surface area contributed by atoms with Crippen LogP contribution in [0.4, 0.5) is 0 Å². The molecule has 4 aromatic rings. The van der Waals surface area contributed by atoms with Crippen molar-refractivity contribution in [3.63, 3.8) is 0 Å². The van der Waals surface area contributed by atoms with Crippen molar-refractivity contribution in [1.82, 2.24) is 4.57 Å². The number of ether oxygens (including phenoxy) is 2. The molecule has 0 bridgehead atoms. The Morgan fingerprint density at radius 2 is 1.80 bits per heavy atom. The number of carbonyl (C=O) groups excluding carboxylic acids is 1. The minimum atomic E-state index is -0.618. The van der Waals surface area contributed by atoms with Crippen LogP contribution in [0.1, 0.15) is 41.6 Å². The van der Waals surface area contributed by atoms with Gasteiger partial charge in [-0.3, -0.25) is 9.36 Å². The topological polar surface area (TPSA) is 69.9 Å². The maximum Gasteiger partial charge on any atom is 0.338 e. The van der Waals surface area contributed by atoms with Gasteiger partial charge >= 0.3 is 5.97 Å². The van der Waals surface area contributed by atoms with Gasteiger partial charge < -0.3 is 9.47 Å². The van der Waals surface area contributed by atoms with Crippen LogP contribution >= 0.6 is 11.3 Å². The Bertz CT molecular complexity index is 1750. The predicted octanol–water partition coefficient (Wildman–Crippen LogP) is 5.11. The van der Waals surface area contributed by atoms with Gasteiger partial charge in [-0.1, -0.05) is 91.1 Å². The summed E-state index contributed by atoms with van der Waals surface area (Å²) in [7, 11) is 1.35. The van der Waals surface area contributed by atoms with E-state index in [0.717, 1.165) is 28.0 Å². The Hall–Kier alpha value is -4.49. The van der Waals surface area contributed by atoms with E-state index >= 15 is 0 Å². The molecule has 40 heavy (non-hydrogen) atoms. The smallest absolute Gasteiger partial charge is 0.338 e. The van der Waals surface area contributed by atoms with Crippen LogP contribution in [0.15, 0.2) is 113 Å². The minimum Gasteiger partial charge on any atom is -0.489 e. The van der Waals surface area contributed by atoms with Crippen LogP contribution in [0.2, 0.25) is 0 Å². The van der Waals surface area contributed by atoms with Gasteiger partial charge in [0.2, 0.25) is 0 Å². The summed E-state index contributed by atoms with van der Waals surface area (Å²) >= 11 is 1.32. The van der Waals surface area contributed by atoms with Crippen LogP contribution in [-0.2, 0) is 22.6 Å².